The van der Waals surface area contributed by atoms with Gasteiger partial charge in [-0.25, -0.2) is 4.39 Å². The lowest BCUT2D eigenvalue weighted by atomic mass is 10.0. The Morgan fingerprint density at radius 3 is 2.45 bits per heavy atom. The molecule has 2 amide bonds. The van der Waals surface area contributed by atoms with E-state index in [4.69, 9.17) is 11.6 Å². The van der Waals surface area contributed by atoms with Crippen molar-refractivity contribution >= 4 is 35.2 Å². The molecule has 0 unspecified atom stereocenters. The van der Waals surface area contributed by atoms with Crippen LogP contribution in [0.5, 0.6) is 0 Å². The van der Waals surface area contributed by atoms with Crippen LogP contribution in [0.3, 0.4) is 0 Å². The number of benzene rings is 1. The molecule has 1 N–H and O–H groups in total. The summed E-state index contributed by atoms with van der Waals surface area (Å²) >= 11 is 7.24. The summed E-state index contributed by atoms with van der Waals surface area (Å²) in [5, 5.41) is 11.6. The summed E-state index contributed by atoms with van der Waals surface area (Å²) in [6, 6.07) is 4.68. The molecule has 2 saturated carbocycles. The van der Waals surface area contributed by atoms with Gasteiger partial charge in [0.15, 0.2) is 0 Å². The average Bonchev–Trinajstić information content (AvgIpc) is 3.61. The van der Waals surface area contributed by atoms with Crippen molar-refractivity contribution in [2.75, 3.05) is 6.54 Å². The lowest BCUT2D eigenvalue weighted by Crippen LogP contribution is -2.53. The molecule has 5 nitrogen and oxygen atoms in total. The minimum atomic E-state index is -4.69. The molecule has 4 rings (SSSR count). The molecule has 31 heavy (non-hydrogen) atoms. The van der Waals surface area contributed by atoms with Crippen LogP contribution in [-0.4, -0.2) is 46.3 Å². The summed E-state index contributed by atoms with van der Waals surface area (Å²) < 4.78 is 54.0. The normalized spacial score (nSPS) is 25.6. The van der Waals surface area contributed by atoms with E-state index >= 15 is 0 Å². The Labute approximate surface area is 185 Å². The van der Waals surface area contributed by atoms with E-state index < -0.39 is 46.1 Å². The highest BCUT2D eigenvalue weighted by Gasteiger charge is 2.70. The third-order valence-corrected chi connectivity index (χ3v) is 7.75. The first-order valence-electron chi connectivity index (χ1n) is 9.73. The van der Waals surface area contributed by atoms with Crippen LogP contribution in [0.2, 0.25) is 5.02 Å². The predicted octanol–water partition coefficient (Wildman–Crippen LogP) is 4.06. The smallest absolute Gasteiger partial charge is 0.336 e. The number of carbonyl (C=O) groups is 2. The third kappa shape index (κ3) is 4.10. The number of nitrogens with one attached hydrogen (secondary N) is 1. The highest BCUT2D eigenvalue weighted by Crippen LogP contribution is 2.59. The first-order valence-corrected chi connectivity index (χ1v) is 11.0. The van der Waals surface area contributed by atoms with Crippen LogP contribution >= 0.6 is 23.4 Å². The standard InChI is InChI=1S/C20H18ClF4N3O2S/c21-13-7-11(22)1-2-15(13)31-12-8-14(16(29)27-18(10-26)3-4-18)28(9-12)17(30)19(5-6-19)20(23,24)25/h1-2,7,12,14H,3-6,8-9H2,(H,27,29)/t12-,14+/m1/s1. The molecule has 2 aliphatic carbocycles. The van der Waals surface area contributed by atoms with Crippen molar-refractivity contribution in [3.8, 4) is 6.07 Å². The van der Waals surface area contributed by atoms with Crippen molar-refractivity contribution < 1.29 is 27.2 Å². The van der Waals surface area contributed by atoms with Gasteiger partial charge in [0, 0.05) is 16.7 Å². The maximum absolute atomic E-state index is 13.5. The van der Waals surface area contributed by atoms with Crippen LogP contribution in [-0.2, 0) is 9.59 Å². The van der Waals surface area contributed by atoms with Gasteiger partial charge in [0.25, 0.3) is 0 Å². The number of hydrogen-bond donors (Lipinski definition) is 1. The highest BCUT2D eigenvalue weighted by atomic mass is 35.5. The number of nitriles is 1. The van der Waals surface area contributed by atoms with Gasteiger partial charge in [-0.1, -0.05) is 11.6 Å². The molecule has 3 aliphatic rings. The molecule has 1 saturated heterocycles. The Kier molecular flexibility index (Phi) is 5.41. The van der Waals surface area contributed by atoms with E-state index in [1.54, 1.807) is 0 Å². The van der Waals surface area contributed by atoms with Gasteiger partial charge in [0.1, 0.15) is 22.8 Å². The quantitative estimate of drug-likeness (QED) is 0.652. The molecule has 3 fully saturated rings. The number of alkyl halides is 3. The van der Waals surface area contributed by atoms with Crippen molar-refractivity contribution in [3.05, 3.63) is 29.0 Å². The van der Waals surface area contributed by atoms with E-state index in [9.17, 15) is 32.4 Å². The van der Waals surface area contributed by atoms with Gasteiger partial charge in [0.05, 0.1) is 11.1 Å². The van der Waals surface area contributed by atoms with Gasteiger partial charge in [-0.3, -0.25) is 9.59 Å². The van der Waals surface area contributed by atoms with Gasteiger partial charge in [0.2, 0.25) is 11.8 Å². The van der Waals surface area contributed by atoms with Crippen molar-refractivity contribution in [3.63, 3.8) is 0 Å². The van der Waals surface area contributed by atoms with E-state index in [0.29, 0.717) is 17.7 Å². The maximum Gasteiger partial charge on any atom is 0.403 e. The Morgan fingerprint density at radius 2 is 1.94 bits per heavy atom. The molecule has 1 heterocycles. The summed E-state index contributed by atoms with van der Waals surface area (Å²) in [6.45, 7) is -0.0767. The summed E-state index contributed by atoms with van der Waals surface area (Å²) in [5.41, 5.74) is -3.44. The summed E-state index contributed by atoms with van der Waals surface area (Å²) in [5.74, 6) is -2.25. The largest absolute Gasteiger partial charge is 0.403 e. The Balaban J connectivity index is 1.56. The van der Waals surface area contributed by atoms with Crippen molar-refractivity contribution in [1.82, 2.24) is 10.2 Å². The fourth-order valence-corrected chi connectivity index (χ4v) is 5.33. The van der Waals surface area contributed by atoms with E-state index in [0.717, 1.165) is 11.0 Å². The SMILES string of the molecule is N#CC1(NC(=O)[C@@H]2C[C@@H](Sc3ccc(F)cc3Cl)CN2C(=O)C2(C(F)(F)F)CC2)CC1. The Hall–Kier alpha value is -1.99. The zero-order valence-electron chi connectivity index (χ0n) is 16.1. The van der Waals surface area contributed by atoms with Crippen LogP contribution in [0, 0.1) is 22.6 Å². The van der Waals surface area contributed by atoms with Crippen molar-refractivity contribution in [1.29, 1.82) is 5.26 Å². The molecule has 1 aliphatic heterocycles. The maximum atomic E-state index is 13.5. The number of hydrogen-bond acceptors (Lipinski definition) is 4. The fourth-order valence-electron chi connectivity index (χ4n) is 3.83. The molecule has 166 valence electrons. The number of halogens is 5. The van der Waals surface area contributed by atoms with Crippen LogP contribution < -0.4 is 5.32 Å². The summed E-state index contributed by atoms with van der Waals surface area (Å²) in [4.78, 5) is 27.3. The summed E-state index contributed by atoms with van der Waals surface area (Å²) in [6.07, 6.45) is -4.27. The molecule has 0 aromatic heterocycles. The molecule has 2 atom stereocenters. The van der Waals surface area contributed by atoms with Gasteiger partial charge in [-0.2, -0.15) is 18.4 Å². The molecular formula is C20H18ClF4N3O2S. The monoisotopic (exact) mass is 475 g/mol. The van der Waals surface area contributed by atoms with Gasteiger partial charge in [-0.05, 0) is 50.3 Å². The van der Waals surface area contributed by atoms with E-state index in [1.165, 1.54) is 23.9 Å². The Morgan fingerprint density at radius 1 is 1.26 bits per heavy atom. The average molecular weight is 476 g/mol. The topological polar surface area (TPSA) is 73.2 Å². The van der Waals surface area contributed by atoms with Crippen molar-refractivity contribution in [2.45, 2.75) is 60.0 Å². The molecule has 0 radical (unpaired) electrons. The van der Waals surface area contributed by atoms with Gasteiger partial charge in [-0.15, -0.1) is 11.8 Å². The van der Waals surface area contributed by atoms with Crippen LogP contribution in [0.4, 0.5) is 17.6 Å². The lowest BCUT2D eigenvalue weighted by Gasteiger charge is -2.29. The first-order chi connectivity index (χ1) is 14.5. The highest BCUT2D eigenvalue weighted by molar-refractivity contribution is 8.00. The van der Waals surface area contributed by atoms with Gasteiger partial charge >= 0.3 is 6.18 Å². The van der Waals surface area contributed by atoms with Crippen LogP contribution in [0.1, 0.15) is 32.1 Å². The summed E-state index contributed by atoms with van der Waals surface area (Å²) in [7, 11) is 0. The molecule has 1 aromatic rings. The zero-order chi connectivity index (χ0) is 22.6. The lowest BCUT2D eigenvalue weighted by molar-refractivity contribution is -0.199. The number of amides is 2. The fraction of sp³-hybridized carbons (Fsp3) is 0.550. The van der Waals surface area contributed by atoms with E-state index in [2.05, 4.69) is 5.32 Å². The second-order valence-corrected chi connectivity index (χ2v) is 10.0. The van der Waals surface area contributed by atoms with Crippen LogP contribution in [0.25, 0.3) is 0 Å². The predicted molar refractivity (Wildman–Crippen MR) is 105 cm³/mol. The number of thioether (sulfide) groups is 1. The minimum absolute atomic E-state index is 0.0767. The molecule has 0 bridgehead atoms. The number of carbonyl (C=O) groups excluding carboxylic acids is 2. The molecule has 0 spiro atoms. The number of nitrogens with zero attached hydrogens (tertiary/aromatic N) is 2. The molecule has 11 heteroatoms. The second kappa shape index (κ2) is 7.55. The van der Waals surface area contributed by atoms with E-state index in [1.807, 2.05) is 6.07 Å². The Bertz CT molecular complexity index is 972. The number of likely N-dealkylation sites (tertiary alicyclic amines) is 1. The minimum Gasteiger partial charge on any atom is -0.336 e. The van der Waals surface area contributed by atoms with Crippen molar-refractivity contribution in [2.24, 2.45) is 5.41 Å². The molecule has 1 aromatic carbocycles. The van der Waals surface area contributed by atoms with E-state index in [-0.39, 0.29) is 30.8 Å². The molecular weight excluding hydrogens is 458 g/mol. The number of rotatable bonds is 5. The van der Waals surface area contributed by atoms with Crippen LogP contribution in [0.15, 0.2) is 23.1 Å². The zero-order valence-corrected chi connectivity index (χ0v) is 17.7. The van der Waals surface area contributed by atoms with Gasteiger partial charge < -0.3 is 10.2 Å². The first kappa shape index (κ1) is 22.2. The third-order valence-electron chi connectivity index (χ3n) is 6.04. The second-order valence-electron chi connectivity index (χ2n) is 8.29.